The molecule has 0 fully saturated rings. The lowest BCUT2D eigenvalue weighted by Gasteiger charge is -2.31. The van der Waals surface area contributed by atoms with Crippen molar-refractivity contribution in [2.75, 3.05) is 27.2 Å². The summed E-state index contributed by atoms with van der Waals surface area (Å²) in [5, 5.41) is 12.4. The van der Waals surface area contributed by atoms with Gasteiger partial charge in [0.05, 0.1) is 0 Å². The smallest absolute Gasteiger partial charge is 0.422 e. The highest BCUT2D eigenvalue weighted by Crippen LogP contribution is 2.30. The number of carboxylic acids is 1. The van der Waals surface area contributed by atoms with Crippen molar-refractivity contribution >= 4 is 12.0 Å². The lowest BCUT2D eigenvalue weighted by atomic mass is 9.93. The number of nitrogens with zero attached hydrogens (tertiary/aromatic N) is 1. The fourth-order valence-electron chi connectivity index (χ4n) is 1.75. The van der Waals surface area contributed by atoms with Crippen LogP contribution in [0.3, 0.4) is 0 Å². The van der Waals surface area contributed by atoms with Gasteiger partial charge in [-0.05, 0) is 26.4 Å². The highest BCUT2D eigenvalue weighted by Gasteiger charge is 2.58. The molecule has 0 aromatic carbocycles. The number of amides is 2. The number of urea groups is 1. The normalized spacial score (nSPS) is 15.5. The summed E-state index contributed by atoms with van der Waals surface area (Å²) in [5.74, 6) is -2.17. The molecule has 0 aliphatic heterocycles. The Hall–Kier alpha value is -1.51. The van der Waals surface area contributed by atoms with Crippen molar-refractivity contribution < 1.29 is 27.9 Å². The Labute approximate surface area is 121 Å². The Morgan fingerprint density at radius 2 is 1.62 bits per heavy atom. The van der Waals surface area contributed by atoms with Gasteiger partial charge in [0.2, 0.25) is 5.54 Å². The molecule has 9 heteroatoms. The van der Waals surface area contributed by atoms with Crippen LogP contribution in [0.4, 0.5) is 18.0 Å². The van der Waals surface area contributed by atoms with E-state index in [4.69, 9.17) is 5.11 Å². The molecular formula is C12H22F3N3O3. The van der Waals surface area contributed by atoms with Gasteiger partial charge in [-0.3, -0.25) is 0 Å². The van der Waals surface area contributed by atoms with Gasteiger partial charge in [0, 0.05) is 13.1 Å². The molecule has 0 rings (SSSR count). The van der Waals surface area contributed by atoms with Crippen molar-refractivity contribution in [3.8, 4) is 0 Å². The molecule has 0 bridgehead atoms. The quantitative estimate of drug-likeness (QED) is 0.690. The zero-order chi connectivity index (χ0) is 17.1. The summed E-state index contributed by atoms with van der Waals surface area (Å²) in [5.41, 5.74) is -3.71. The third-order valence-corrected chi connectivity index (χ3v) is 2.83. The number of nitrogens with one attached hydrogen (secondary N) is 2. The predicted molar refractivity (Wildman–Crippen MR) is 71.0 cm³/mol. The third kappa shape index (κ3) is 5.78. The van der Waals surface area contributed by atoms with E-state index in [1.165, 1.54) is 5.32 Å². The number of carbonyl (C=O) groups is 2. The van der Waals surface area contributed by atoms with Gasteiger partial charge in [0.25, 0.3) is 0 Å². The van der Waals surface area contributed by atoms with Crippen LogP contribution in [-0.4, -0.2) is 60.9 Å². The van der Waals surface area contributed by atoms with E-state index in [-0.39, 0.29) is 12.0 Å². The van der Waals surface area contributed by atoms with Crippen molar-refractivity contribution in [1.82, 2.24) is 15.5 Å². The van der Waals surface area contributed by atoms with Crippen LogP contribution < -0.4 is 10.6 Å². The van der Waals surface area contributed by atoms with Crippen LogP contribution in [0.1, 0.15) is 20.8 Å². The Morgan fingerprint density at radius 1 is 1.14 bits per heavy atom. The third-order valence-electron chi connectivity index (χ3n) is 2.83. The number of hydrogen-bond donors (Lipinski definition) is 3. The molecule has 1 unspecified atom stereocenters. The topological polar surface area (TPSA) is 81.7 Å². The predicted octanol–water partition coefficient (Wildman–Crippen LogP) is 1.28. The average molecular weight is 313 g/mol. The van der Waals surface area contributed by atoms with Crippen molar-refractivity contribution in [1.29, 1.82) is 0 Å². The lowest BCUT2D eigenvalue weighted by molar-refractivity contribution is -0.203. The van der Waals surface area contributed by atoms with Crippen LogP contribution in [0, 0.1) is 5.41 Å². The van der Waals surface area contributed by atoms with E-state index >= 15 is 0 Å². The van der Waals surface area contributed by atoms with Crippen molar-refractivity contribution in [3.05, 3.63) is 0 Å². The van der Waals surface area contributed by atoms with E-state index in [0.29, 0.717) is 13.5 Å². The van der Waals surface area contributed by atoms with Crippen LogP contribution in [0.5, 0.6) is 0 Å². The average Bonchev–Trinajstić information content (AvgIpc) is 2.22. The van der Waals surface area contributed by atoms with E-state index in [9.17, 15) is 22.8 Å². The summed E-state index contributed by atoms with van der Waals surface area (Å²) in [6.07, 6.45) is -5.10. The number of hydrogen-bond acceptors (Lipinski definition) is 3. The number of halogens is 3. The molecule has 0 spiro atoms. The maximum absolute atomic E-state index is 12.7. The van der Waals surface area contributed by atoms with Gasteiger partial charge in [-0.25, -0.2) is 9.59 Å². The second kappa shape index (κ2) is 6.50. The fourth-order valence-corrected chi connectivity index (χ4v) is 1.75. The molecule has 0 radical (unpaired) electrons. The van der Waals surface area contributed by atoms with Gasteiger partial charge in [-0.2, -0.15) is 13.2 Å². The van der Waals surface area contributed by atoms with E-state index in [0.717, 1.165) is 0 Å². The molecule has 6 nitrogen and oxygen atoms in total. The van der Waals surface area contributed by atoms with Crippen LogP contribution in [0.2, 0.25) is 0 Å². The summed E-state index contributed by atoms with van der Waals surface area (Å²) >= 11 is 0. The molecule has 2 amide bonds. The molecule has 0 aliphatic carbocycles. The summed E-state index contributed by atoms with van der Waals surface area (Å²) in [7, 11) is 3.65. The van der Waals surface area contributed by atoms with Crippen LogP contribution >= 0.6 is 0 Å². The molecule has 0 saturated carbocycles. The van der Waals surface area contributed by atoms with Gasteiger partial charge >= 0.3 is 18.2 Å². The maximum Gasteiger partial charge on any atom is 0.422 e. The first-order valence-corrected chi connectivity index (χ1v) is 6.22. The van der Waals surface area contributed by atoms with E-state index in [2.05, 4.69) is 5.32 Å². The monoisotopic (exact) mass is 313 g/mol. The van der Waals surface area contributed by atoms with Crippen molar-refractivity contribution in [2.24, 2.45) is 5.41 Å². The molecule has 1 atom stereocenters. The molecule has 0 aromatic rings. The number of carboxylic acid groups (broad SMARTS) is 1. The highest BCUT2D eigenvalue weighted by molar-refractivity contribution is 5.86. The summed E-state index contributed by atoms with van der Waals surface area (Å²) in [6.45, 7) is 4.76. The highest BCUT2D eigenvalue weighted by atomic mass is 19.4. The lowest BCUT2D eigenvalue weighted by Crippen LogP contribution is -2.64. The number of alkyl halides is 3. The molecular weight excluding hydrogens is 291 g/mol. The number of aliphatic carboxylic acids is 1. The largest absolute Gasteiger partial charge is 0.479 e. The van der Waals surface area contributed by atoms with Crippen molar-refractivity contribution in [2.45, 2.75) is 32.5 Å². The van der Waals surface area contributed by atoms with Crippen LogP contribution in [-0.2, 0) is 4.79 Å². The number of rotatable bonds is 6. The van der Waals surface area contributed by atoms with Gasteiger partial charge in [0.15, 0.2) is 0 Å². The van der Waals surface area contributed by atoms with Gasteiger partial charge < -0.3 is 20.6 Å². The fraction of sp³-hybridized carbons (Fsp3) is 0.833. The van der Waals surface area contributed by atoms with Crippen LogP contribution in [0.25, 0.3) is 0 Å². The minimum absolute atomic E-state index is 0.102. The minimum atomic E-state index is -5.10. The first-order valence-electron chi connectivity index (χ1n) is 6.22. The first kappa shape index (κ1) is 19.5. The van der Waals surface area contributed by atoms with Crippen LogP contribution in [0.15, 0.2) is 0 Å². The Bertz CT molecular complexity index is 397. The summed E-state index contributed by atoms with van der Waals surface area (Å²) in [4.78, 5) is 24.2. The van der Waals surface area contributed by atoms with Gasteiger partial charge in [-0.1, -0.05) is 13.8 Å². The standard InChI is InChI=1S/C12H22F3N3O3/c1-10(2,7-18(4)5)6-16-9(21)17-11(3,8(19)20)12(13,14)15/h6-7H2,1-5H3,(H,19,20)(H2,16,17,21). The molecule has 0 saturated heterocycles. The summed E-state index contributed by atoms with van der Waals surface area (Å²) < 4.78 is 38.2. The zero-order valence-electron chi connectivity index (χ0n) is 12.8. The minimum Gasteiger partial charge on any atom is -0.479 e. The summed E-state index contributed by atoms with van der Waals surface area (Å²) in [6, 6.07) is -1.18. The zero-order valence-corrected chi connectivity index (χ0v) is 12.8. The second-order valence-corrected chi connectivity index (χ2v) is 6.14. The molecule has 0 aliphatic rings. The molecule has 3 N–H and O–H groups in total. The van der Waals surface area contributed by atoms with Gasteiger partial charge in [0.1, 0.15) is 0 Å². The van der Waals surface area contributed by atoms with E-state index in [1.807, 2.05) is 32.8 Å². The molecule has 0 heterocycles. The van der Waals surface area contributed by atoms with Crippen molar-refractivity contribution in [3.63, 3.8) is 0 Å². The maximum atomic E-state index is 12.7. The number of carbonyl (C=O) groups excluding carboxylic acids is 1. The van der Waals surface area contributed by atoms with E-state index in [1.54, 1.807) is 0 Å². The SMILES string of the molecule is CN(C)CC(C)(C)CNC(=O)NC(C)(C(=O)O)C(F)(F)F. The van der Waals surface area contributed by atoms with E-state index < -0.39 is 23.7 Å². The Balaban J connectivity index is 4.73. The first-order chi connectivity index (χ1) is 9.21. The van der Waals surface area contributed by atoms with Gasteiger partial charge in [-0.15, -0.1) is 0 Å². The molecule has 0 aromatic heterocycles. The Kier molecular flexibility index (Phi) is 6.04. The molecule has 21 heavy (non-hydrogen) atoms. The second-order valence-electron chi connectivity index (χ2n) is 6.14. The molecule has 124 valence electrons. The Morgan fingerprint density at radius 3 is 1.95 bits per heavy atom.